The fourth-order valence-electron chi connectivity index (χ4n) is 5.00. The lowest BCUT2D eigenvalue weighted by Gasteiger charge is -2.27. The molecule has 0 spiro atoms. The summed E-state index contributed by atoms with van der Waals surface area (Å²) in [5.41, 5.74) is 6.78. The fraction of sp³-hybridized carbons (Fsp3) is 0.286. The van der Waals surface area contributed by atoms with Gasteiger partial charge in [0.15, 0.2) is 0 Å². The number of ether oxygens (including phenoxy) is 1. The molecule has 0 aliphatic heterocycles. The molecular formula is C28H30N4O4S. The van der Waals surface area contributed by atoms with Crippen LogP contribution in [0.4, 0.5) is 0 Å². The summed E-state index contributed by atoms with van der Waals surface area (Å²) in [6.45, 7) is 2.09. The Morgan fingerprint density at radius 3 is 2.51 bits per heavy atom. The summed E-state index contributed by atoms with van der Waals surface area (Å²) in [6.07, 6.45) is 3.12. The van der Waals surface area contributed by atoms with Crippen LogP contribution in [-0.2, 0) is 14.8 Å². The predicted molar refractivity (Wildman–Crippen MR) is 145 cm³/mol. The molecule has 1 saturated carbocycles. The quantitative estimate of drug-likeness (QED) is 0.258. The van der Waals surface area contributed by atoms with Crippen molar-refractivity contribution in [1.82, 2.24) is 9.29 Å². The van der Waals surface area contributed by atoms with Crippen LogP contribution in [0.3, 0.4) is 0 Å². The van der Waals surface area contributed by atoms with Crippen LogP contribution in [0.15, 0.2) is 71.6 Å². The Bertz CT molecular complexity index is 1600. The Hall–Kier alpha value is -3.69. The molecule has 1 heterocycles. The van der Waals surface area contributed by atoms with E-state index in [0.29, 0.717) is 28.5 Å². The number of amides is 1. The number of rotatable bonds is 6. The van der Waals surface area contributed by atoms with Crippen molar-refractivity contribution in [2.75, 3.05) is 6.61 Å². The maximum atomic E-state index is 14.3. The van der Waals surface area contributed by atoms with E-state index in [-0.39, 0.29) is 28.6 Å². The van der Waals surface area contributed by atoms with Gasteiger partial charge in [-0.2, -0.15) is 0 Å². The van der Waals surface area contributed by atoms with Gasteiger partial charge >= 0.3 is 0 Å². The molecule has 3 aromatic carbocycles. The summed E-state index contributed by atoms with van der Waals surface area (Å²) < 4.78 is 35.0. The lowest BCUT2D eigenvalue weighted by Crippen LogP contribution is -2.41. The van der Waals surface area contributed by atoms with E-state index in [4.69, 9.17) is 15.9 Å². The van der Waals surface area contributed by atoms with E-state index in [2.05, 4.69) is 5.32 Å². The summed E-state index contributed by atoms with van der Waals surface area (Å²) in [6, 6.07) is 19.0. The number of aromatic nitrogens is 1. The standard InChI is InChI=1S/C28H30N4O4S/c1-2-36-27(30)20-11-10-19-16-25(28(33)31-22-14-12-21(29)13-15-22)32(24(19)17-20)37(34,35)26-9-5-7-18-6-3-4-8-23(18)26/h3-11,16-17,21-22,30H,2,12-15,29H2,1H3,(H,31,33)/t21-,22-. The van der Waals surface area contributed by atoms with Crippen molar-refractivity contribution in [3.05, 3.63) is 78.0 Å². The first-order valence-corrected chi connectivity index (χ1v) is 13.9. The number of carbonyl (C=O) groups is 1. The molecule has 1 fully saturated rings. The minimum Gasteiger partial charge on any atom is -0.478 e. The van der Waals surface area contributed by atoms with Gasteiger partial charge < -0.3 is 15.8 Å². The molecule has 1 aliphatic rings. The second-order valence-corrected chi connectivity index (χ2v) is 11.2. The third-order valence-electron chi connectivity index (χ3n) is 6.92. The zero-order valence-electron chi connectivity index (χ0n) is 20.6. The largest absolute Gasteiger partial charge is 0.478 e. The molecule has 4 N–H and O–H groups in total. The first-order valence-electron chi connectivity index (χ1n) is 12.5. The van der Waals surface area contributed by atoms with E-state index in [1.165, 1.54) is 0 Å². The van der Waals surface area contributed by atoms with Gasteiger partial charge in [0.05, 0.1) is 17.0 Å². The van der Waals surface area contributed by atoms with Gasteiger partial charge in [-0.15, -0.1) is 0 Å². The highest BCUT2D eigenvalue weighted by atomic mass is 32.2. The molecule has 1 amide bonds. The van der Waals surface area contributed by atoms with Crippen LogP contribution < -0.4 is 11.1 Å². The van der Waals surface area contributed by atoms with Crippen molar-refractivity contribution in [2.24, 2.45) is 5.73 Å². The normalized spacial score (nSPS) is 18.1. The molecule has 4 aromatic rings. The van der Waals surface area contributed by atoms with Crippen molar-refractivity contribution >= 4 is 43.5 Å². The van der Waals surface area contributed by atoms with E-state index in [9.17, 15) is 13.2 Å². The highest BCUT2D eigenvalue weighted by Gasteiger charge is 2.30. The number of carbonyl (C=O) groups excluding carboxylic acids is 1. The molecule has 1 aliphatic carbocycles. The molecule has 0 radical (unpaired) electrons. The molecular weight excluding hydrogens is 488 g/mol. The Morgan fingerprint density at radius 2 is 1.76 bits per heavy atom. The summed E-state index contributed by atoms with van der Waals surface area (Å²) >= 11 is 0. The number of hydrogen-bond acceptors (Lipinski definition) is 6. The molecule has 0 saturated heterocycles. The van der Waals surface area contributed by atoms with Crippen LogP contribution in [0.5, 0.6) is 0 Å². The first-order chi connectivity index (χ1) is 17.8. The predicted octanol–water partition coefficient (Wildman–Crippen LogP) is 4.39. The van der Waals surface area contributed by atoms with E-state index >= 15 is 0 Å². The van der Waals surface area contributed by atoms with Gasteiger partial charge in [-0.25, -0.2) is 12.4 Å². The average Bonchev–Trinajstić information content (AvgIpc) is 3.30. The SMILES string of the molecule is CCOC(=N)c1ccc2cc(C(=O)N[C@H]3CC[C@H](N)CC3)n(S(=O)(=O)c3cccc4ccccc34)c2c1. The fourth-order valence-corrected chi connectivity index (χ4v) is 6.73. The van der Waals surface area contributed by atoms with Crippen molar-refractivity contribution < 1.29 is 17.9 Å². The van der Waals surface area contributed by atoms with Crippen molar-refractivity contribution in [3.63, 3.8) is 0 Å². The zero-order chi connectivity index (χ0) is 26.2. The summed E-state index contributed by atoms with van der Waals surface area (Å²) in [7, 11) is -4.20. The van der Waals surface area contributed by atoms with Crippen molar-refractivity contribution in [3.8, 4) is 0 Å². The Morgan fingerprint density at radius 1 is 1.03 bits per heavy atom. The van der Waals surface area contributed by atoms with Crippen LogP contribution >= 0.6 is 0 Å². The minimum atomic E-state index is -4.20. The van der Waals surface area contributed by atoms with E-state index in [1.807, 2.05) is 18.2 Å². The van der Waals surface area contributed by atoms with Gasteiger partial charge in [0, 0.05) is 28.4 Å². The van der Waals surface area contributed by atoms with Crippen LogP contribution in [0.25, 0.3) is 21.7 Å². The van der Waals surface area contributed by atoms with Gasteiger partial charge in [0.1, 0.15) is 5.69 Å². The number of nitrogens with zero attached hydrogens (tertiary/aromatic N) is 1. The van der Waals surface area contributed by atoms with Crippen molar-refractivity contribution in [2.45, 2.75) is 49.6 Å². The summed E-state index contributed by atoms with van der Waals surface area (Å²) in [4.78, 5) is 13.7. The maximum absolute atomic E-state index is 14.3. The Kier molecular flexibility index (Phi) is 6.74. The van der Waals surface area contributed by atoms with E-state index in [1.54, 1.807) is 55.5 Å². The first kappa shape index (κ1) is 25.0. The number of nitrogens with two attached hydrogens (primary N) is 1. The second-order valence-electron chi connectivity index (χ2n) is 9.40. The third kappa shape index (κ3) is 4.72. The minimum absolute atomic E-state index is 0.0258. The average molecular weight is 519 g/mol. The van der Waals surface area contributed by atoms with Gasteiger partial charge in [-0.3, -0.25) is 10.2 Å². The number of nitrogens with one attached hydrogen (secondary N) is 2. The monoisotopic (exact) mass is 518 g/mol. The van der Waals surface area contributed by atoms with Gasteiger partial charge in [0.25, 0.3) is 15.9 Å². The van der Waals surface area contributed by atoms with Crippen LogP contribution in [0.1, 0.15) is 48.7 Å². The third-order valence-corrected chi connectivity index (χ3v) is 8.70. The zero-order valence-corrected chi connectivity index (χ0v) is 21.4. The smallest absolute Gasteiger partial charge is 0.269 e. The van der Waals surface area contributed by atoms with Gasteiger partial charge in [-0.05, 0) is 62.3 Å². The maximum Gasteiger partial charge on any atom is 0.269 e. The number of hydrogen-bond donors (Lipinski definition) is 3. The molecule has 0 unspecified atom stereocenters. The van der Waals surface area contributed by atoms with Gasteiger partial charge in [0.2, 0.25) is 5.90 Å². The number of fused-ring (bicyclic) bond motifs is 2. The van der Waals surface area contributed by atoms with E-state index in [0.717, 1.165) is 35.0 Å². The lowest BCUT2D eigenvalue weighted by atomic mass is 9.92. The molecule has 1 aromatic heterocycles. The molecule has 5 rings (SSSR count). The molecule has 0 atom stereocenters. The molecule has 0 bridgehead atoms. The lowest BCUT2D eigenvalue weighted by molar-refractivity contribution is 0.0920. The van der Waals surface area contributed by atoms with Crippen molar-refractivity contribution in [1.29, 1.82) is 5.41 Å². The van der Waals surface area contributed by atoms with Gasteiger partial charge in [-0.1, -0.05) is 42.5 Å². The molecule has 9 heteroatoms. The highest BCUT2D eigenvalue weighted by Crippen LogP contribution is 2.31. The highest BCUT2D eigenvalue weighted by molar-refractivity contribution is 7.90. The summed E-state index contributed by atoms with van der Waals surface area (Å²) in [5, 5.41) is 13.2. The topological polar surface area (TPSA) is 127 Å². The summed E-state index contributed by atoms with van der Waals surface area (Å²) in [5.74, 6) is -0.522. The number of benzene rings is 3. The van der Waals surface area contributed by atoms with Crippen LogP contribution in [-0.4, -0.2) is 42.9 Å². The molecule has 37 heavy (non-hydrogen) atoms. The Balaban J connectivity index is 1.68. The molecule has 8 nitrogen and oxygen atoms in total. The van der Waals surface area contributed by atoms with E-state index < -0.39 is 15.9 Å². The van der Waals surface area contributed by atoms with Crippen LogP contribution in [0.2, 0.25) is 0 Å². The second kappa shape index (κ2) is 9.99. The Labute approximate surface area is 216 Å². The van der Waals surface area contributed by atoms with Crippen LogP contribution in [0, 0.1) is 5.41 Å². The molecule has 192 valence electrons.